The van der Waals surface area contributed by atoms with Crippen LogP contribution in [0.2, 0.25) is 0 Å². The molecule has 5 heteroatoms. The summed E-state index contributed by atoms with van der Waals surface area (Å²) in [4.78, 5) is 9.34. The highest BCUT2D eigenvalue weighted by Crippen LogP contribution is 2.20. The molecule has 1 N–H and O–H groups in total. The van der Waals surface area contributed by atoms with Crippen molar-refractivity contribution in [1.82, 2.24) is 10.2 Å². The van der Waals surface area contributed by atoms with Crippen LogP contribution < -0.4 is 10.2 Å². The number of thioether (sulfide) groups is 1. The van der Waals surface area contributed by atoms with Crippen molar-refractivity contribution in [2.75, 3.05) is 49.6 Å². The fraction of sp³-hybridized carbons (Fsp3) is 0.632. The van der Waals surface area contributed by atoms with Gasteiger partial charge in [-0.05, 0) is 36.5 Å². The highest BCUT2D eigenvalue weighted by atomic mass is 32.2. The molecular formula is C19H30N4S. The predicted octanol–water partition coefficient (Wildman–Crippen LogP) is 3.05. The molecule has 0 unspecified atom stereocenters. The zero-order valence-corrected chi connectivity index (χ0v) is 15.8. The van der Waals surface area contributed by atoms with E-state index in [9.17, 15) is 0 Å². The minimum absolute atomic E-state index is 0.842. The summed E-state index contributed by atoms with van der Waals surface area (Å²) < 4.78 is 0. The number of hydrogen-bond donors (Lipinski definition) is 1. The van der Waals surface area contributed by atoms with Crippen LogP contribution in [-0.2, 0) is 6.54 Å². The lowest BCUT2D eigenvalue weighted by atomic mass is 9.99. The summed E-state index contributed by atoms with van der Waals surface area (Å²) in [5.74, 6) is 4.38. The second kappa shape index (κ2) is 8.65. The van der Waals surface area contributed by atoms with Crippen LogP contribution in [0.5, 0.6) is 0 Å². The zero-order chi connectivity index (χ0) is 16.8. The maximum atomic E-state index is 4.46. The van der Waals surface area contributed by atoms with Crippen molar-refractivity contribution in [3.8, 4) is 0 Å². The van der Waals surface area contributed by atoms with Gasteiger partial charge in [0.15, 0.2) is 5.96 Å². The molecule has 2 aliphatic rings. The smallest absolute Gasteiger partial charge is 0.193 e. The fourth-order valence-corrected chi connectivity index (χ4v) is 4.28. The molecule has 1 aromatic carbocycles. The number of likely N-dealkylation sites (tertiary alicyclic amines) is 1. The normalized spacial score (nSPS) is 20.3. The number of benzene rings is 1. The van der Waals surface area contributed by atoms with Gasteiger partial charge in [-0.1, -0.05) is 19.1 Å². The van der Waals surface area contributed by atoms with Crippen LogP contribution in [0.25, 0.3) is 0 Å². The van der Waals surface area contributed by atoms with E-state index in [0.29, 0.717) is 0 Å². The van der Waals surface area contributed by atoms with Crippen LogP contribution in [0, 0.1) is 5.92 Å². The Morgan fingerprint density at radius 1 is 1.12 bits per heavy atom. The molecule has 1 aromatic rings. The maximum Gasteiger partial charge on any atom is 0.193 e. The monoisotopic (exact) mass is 346 g/mol. The number of nitrogens with zero attached hydrogens (tertiary/aromatic N) is 3. The summed E-state index contributed by atoms with van der Waals surface area (Å²) in [6.45, 7) is 7.76. The van der Waals surface area contributed by atoms with Gasteiger partial charge in [0.2, 0.25) is 0 Å². The second-order valence-electron chi connectivity index (χ2n) is 6.84. The molecule has 2 saturated heterocycles. The number of guanidine groups is 1. The molecule has 0 spiro atoms. The first-order valence-corrected chi connectivity index (χ1v) is 10.3. The van der Waals surface area contributed by atoms with Crippen LogP contribution in [0.4, 0.5) is 5.69 Å². The van der Waals surface area contributed by atoms with Gasteiger partial charge in [-0.25, -0.2) is 0 Å². The molecule has 0 aliphatic carbocycles. The van der Waals surface area contributed by atoms with Gasteiger partial charge in [0.05, 0.1) is 0 Å². The average molecular weight is 347 g/mol. The van der Waals surface area contributed by atoms with Crippen LogP contribution in [-0.4, -0.2) is 55.6 Å². The molecule has 132 valence electrons. The molecule has 0 radical (unpaired) electrons. The molecule has 0 amide bonds. The number of nitrogens with one attached hydrogen (secondary N) is 1. The molecular weight excluding hydrogens is 316 g/mol. The van der Waals surface area contributed by atoms with E-state index < -0.39 is 0 Å². The molecule has 0 saturated carbocycles. The van der Waals surface area contributed by atoms with Crippen molar-refractivity contribution in [1.29, 1.82) is 0 Å². The molecule has 0 aromatic heterocycles. The topological polar surface area (TPSA) is 30.9 Å². The van der Waals surface area contributed by atoms with Crippen molar-refractivity contribution in [2.24, 2.45) is 10.9 Å². The standard InChI is InChI=1S/C19H30N4S/c1-16-7-9-23(10-8-16)19(20-2)21-15-17-3-5-18(6-4-17)22-11-13-24-14-12-22/h3-6,16H,7-15H2,1-2H3,(H,20,21). The molecule has 4 nitrogen and oxygen atoms in total. The van der Waals surface area contributed by atoms with Gasteiger partial charge in [0, 0.05) is 57.0 Å². The first-order chi connectivity index (χ1) is 11.8. The lowest BCUT2D eigenvalue weighted by Gasteiger charge is -2.33. The molecule has 0 atom stereocenters. The van der Waals surface area contributed by atoms with Crippen molar-refractivity contribution < 1.29 is 0 Å². The van der Waals surface area contributed by atoms with Crippen LogP contribution in [0.3, 0.4) is 0 Å². The van der Waals surface area contributed by atoms with E-state index in [2.05, 4.69) is 63.1 Å². The van der Waals surface area contributed by atoms with Gasteiger partial charge < -0.3 is 15.1 Å². The van der Waals surface area contributed by atoms with Gasteiger partial charge in [-0.2, -0.15) is 11.8 Å². The average Bonchev–Trinajstić information content (AvgIpc) is 2.65. The van der Waals surface area contributed by atoms with Crippen LogP contribution >= 0.6 is 11.8 Å². The van der Waals surface area contributed by atoms with E-state index in [4.69, 9.17) is 0 Å². The number of aliphatic imine (C=N–C) groups is 1. The maximum absolute atomic E-state index is 4.46. The SMILES string of the molecule is CN=C(NCc1ccc(N2CCSCC2)cc1)N1CCC(C)CC1. The number of anilines is 1. The molecule has 2 fully saturated rings. The predicted molar refractivity (Wildman–Crippen MR) is 106 cm³/mol. The summed E-state index contributed by atoms with van der Waals surface area (Å²) in [6, 6.07) is 9.02. The minimum atomic E-state index is 0.842. The zero-order valence-electron chi connectivity index (χ0n) is 15.0. The van der Waals surface area contributed by atoms with Gasteiger partial charge in [-0.15, -0.1) is 0 Å². The Balaban J connectivity index is 1.52. The molecule has 24 heavy (non-hydrogen) atoms. The highest BCUT2D eigenvalue weighted by molar-refractivity contribution is 7.99. The number of hydrogen-bond acceptors (Lipinski definition) is 3. The van der Waals surface area contributed by atoms with Gasteiger partial charge in [0.1, 0.15) is 0 Å². The Bertz CT molecular complexity index is 529. The summed E-state index contributed by atoms with van der Waals surface area (Å²) in [5.41, 5.74) is 2.67. The molecule has 2 aliphatic heterocycles. The largest absolute Gasteiger partial charge is 0.370 e. The lowest BCUT2D eigenvalue weighted by Crippen LogP contribution is -2.45. The van der Waals surface area contributed by atoms with Gasteiger partial charge in [0.25, 0.3) is 0 Å². The number of rotatable bonds is 3. The van der Waals surface area contributed by atoms with E-state index in [1.807, 2.05) is 7.05 Å². The second-order valence-corrected chi connectivity index (χ2v) is 8.06. The third-order valence-corrected chi connectivity index (χ3v) is 6.00. The lowest BCUT2D eigenvalue weighted by molar-refractivity contribution is 0.273. The Hall–Kier alpha value is -1.36. The van der Waals surface area contributed by atoms with E-state index >= 15 is 0 Å². The van der Waals surface area contributed by atoms with E-state index in [0.717, 1.165) is 31.5 Å². The minimum Gasteiger partial charge on any atom is -0.370 e. The van der Waals surface area contributed by atoms with Crippen LogP contribution in [0.1, 0.15) is 25.3 Å². The third-order valence-electron chi connectivity index (χ3n) is 5.06. The Morgan fingerprint density at radius 3 is 2.42 bits per heavy atom. The first-order valence-electron chi connectivity index (χ1n) is 9.13. The van der Waals surface area contributed by atoms with E-state index in [1.165, 1.54) is 48.7 Å². The Kier molecular flexibility index (Phi) is 6.30. The van der Waals surface area contributed by atoms with Crippen molar-refractivity contribution in [2.45, 2.75) is 26.3 Å². The van der Waals surface area contributed by atoms with Crippen molar-refractivity contribution in [3.63, 3.8) is 0 Å². The quantitative estimate of drug-likeness (QED) is 0.673. The highest BCUT2D eigenvalue weighted by Gasteiger charge is 2.18. The fourth-order valence-electron chi connectivity index (χ4n) is 3.38. The first kappa shape index (κ1) is 17.5. The molecule has 2 heterocycles. The summed E-state index contributed by atoms with van der Waals surface area (Å²) in [6.07, 6.45) is 2.53. The van der Waals surface area contributed by atoms with Crippen molar-refractivity contribution in [3.05, 3.63) is 29.8 Å². The summed E-state index contributed by atoms with van der Waals surface area (Å²) >= 11 is 2.05. The Morgan fingerprint density at radius 2 is 1.79 bits per heavy atom. The Labute approximate surface area is 150 Å². The van der Waals surface area contributed by atoms with Crippen LogP contribution in [0.15, 0.2) is 29.3 Å². The third kappa shape index (κ3) is 4.59. The van der Waals surface area contributed by atoms with Crippen molar-refractivity contribution >= 4 is 23.4 Å². The van der Waals surface area contributed by atoms with Gasteiger partial charge >= 0.3 is 0 Å². The van der Waals surface area contributed by atoms with E-state index in [1.54, 1.807) is 0 Å². The summed E-state index contributed by atoms with van der Waals surface area (Å²) in [7, 11) is 1.89. The van der Waals surface area contributed by atoms with Gasteiger partial charge in [-0.3, -0.25) is 4.99 Å². The molecule has 0 bridgehead atoms. The summed E-state index contributed by atoms with van der Waals surface area (Å²) in [5, 5.41) is 3.53. The molecule has 3 rings (SSSR count). The van der Waals surface area contributed by atoms with E-state index in [-0.39, 0.29) is 0 Å². The number of piperidine rings is 1.